The number of carbonyl (C=O) groups is 1. The normalized spacial score (nSPS) is 19.1. The van der Waals surface area contributed by atoms with Gasteiger partial charge in [-0.3, -0.25) is 9.36 Å². The molecule has 2 heterocycles. The molecule has 1 fully saturated rings. The van der Waals surface area contributed by atoms with Crippen molar-refractivity contribution >= 4 is 11.7 Å². The summed E-state index contributed by atoms with van der Waals surface area (Å²) in [5.41, 5.74) is 0.481. The topological polar surface area (TPSA) is 154 Å². The Morgan fingerprint density at radius 2 is 1.57 bits per heavy atom. The molecule has 5 rings (SSSR count). The van der Waals surface area contributed by atoms with Crippen molar-refractivity contribution in [3.8, 4) is 17.6 Å². The second-order valence-corrected chi connectivity index (χ2v) is 10.8. The van der Waals surface area contributed by atoms with Gasteiger partial charge in [0.25, 0.3) is 0 Å². The van der Waals surface area contributed by atoms with Crippen molar-refractivity contribution in [3.05, 3.63) is 118 Å². The fourth-order valence-electron chi connectivity index (χ4n) is 5.64. The lowest BCUT2D eigenvalue weighted by Gasteiger charge is -2.37. The predicted octanol–water partition coefficient (Wildman–Crippen LogP) is 3.78. The van der Waals surface area contributed by atoms with E-state index in [-0.39, 0.29) is 31.4 Å². The molecular weight excluding hydrogens is 604 g/mol. The highest BCUT2D eigenvalue weighted by atomic mass is 16.6. The second-order valence-electron chi connectivity index (χ2n) is 10.8. The Kier molecular flexibility index (Phi) is 10.6. The molecule has 1 saturated heterocycles. The molecule has 1 aliphatic heterocycles. The van der Waals surface area contributed by atoms with Crippen molar-refractivity contribution in [3.63, 3.8) is 0 Å². The Hall–Kier alpha value is -5.06. The summed E-state index contributed by atoms with van der Waals surface area (Å²) in [4.78, 5) is 28.5. The summed E-state index contributed by atoms with van der Waals surface area (Å²) in [6.07, 6.45) is -2.87. The first-order valence-electron chi connectivity index (χ1n) is 15.0. The SMILES string of the molecule is COc1ccc(C(OC[C@H]2O[C@@H](n3ccc(NC(C)=O)nc3=O)[C@H](OCCC#N)[C@@H]2O)(c2ccccc2)c2ccc(OC)cc2)cc1. The van der Waals surface area contributed by atoms with Gasteiger partial charge in [-0.25, -0.2) is 4.79 Å². The van der Waals surface area contributed by atoms with Crippen LogP contribution in [0.4, 0.5) is 5.82 Å². The van der Waals surface area contributed by atoms with Crippen LogP contribution < -0.4 is 20.5 Å². The van der Waals surface area contributed by atoms with Gasteiger partial charge in [0.05, 0.1) is 39.9 Å². The molecule has 47 heavy (non-hydrogen) atoms. The van der Waals surface area contributed by atoms with Gasteiger partial charge in [0.15, 0.2) is 6.23 Å². The fourth-order valence-corrected chi connectivity index (χ4v) is 5.64. The predicted molar refractivity (Wildman–Crippen MR) is 171 cm³/mol. The molecule has 12 heteroatoms. The molecule has 0 saturated carbocycles. The summed E-state index contributed by atoms with van der Waals surface area (Å²) in [6.45, 7) is 1.18. The van der Waals surface area contributed by atoms with E-state index in [4.69, 9.17) is 28.9 Å². The second kappa shape index (κ2) is 15.0. The minimum atomic E-state index is -1.25. The fraction of sp³-hybridized carbons (Fsp3) is 0.314. The van der Waals surface area contributed by atoms with Gasteiger partial charge in [0.2, 0.25) is 5.91 Å². The van der Waals surface area contributed by atoms with Crippen LogP contribution in [0, 0.1) is 11.3 Å². The first kappa shape index (κ1) is 33.3. The van der Waals surface area contributed by atoms with Gasteiger partial charge in [-0.05, 0) is 47.0 Å². The minimum Gasteiger partial charge on any atom is -0.497 e. The quantitative estimate of drug-likeness (QED) is 0.163. The maximum Gasteiger partial charge on any atom is 0.351 e. The van der Waals surface area contributed by atoms with Gasteiger partial charge in [-0.1, -0.05) is 54.6 Å². The van der Waals surface area contributed by atoms with Gasteiger partial charge in [-0.15, -0.1) is 0 Å². The first-order valence-corrected chi connectivity index (χ1v) is 15.0. The van der Waals surface area contributed by atoms with E-state index in [9.17, 15) is 14.7 Å². The van der Waals surface area contributed by atoms with Gasteiger partial charge < -0.3 is 34.1 Å². The number of hydrogen-bond acceptors (Lipinski definition) is 10. The molecule has 12 nitrogen and oxygen atoms in total. The van der Waals surface area contributed by atoms with E-state index < -0.39 is 35.8 Å². The van der Waals surface area contributed by atoms with Crippen LogP contribution in [0.15, 0.2) is 95.9 Å². The molecule has 1 aromatic heterocycles. The number of aromatic nitrogens is 2. The van der Waals surface area contributed by atoms with Crippen molar-refractivity contribution in [1.29, 1.82) is 5.26 Å². The van der Waals surface area contributed by atoms with Gasteiger partial charge in [-0.2, -0.15) is 10.2 Å². The summed E-state index contributed by atoms with van der Waals surface area (Å²) in [7, 11) is 3.19. The Morgan fingerprint density at radius 1 is 0.979 bits per heavy atom. The highest BCUT2D eigenvalue weighted by Gasteiger charge is 2.48. The number of carbonyl (C=O) groups excluding carboxylic acids is 1. The highest BCUT2D eigenvalue weighted by molar-refractivity contribution is 5.87. The number of ether oxygens (including phenoxy) is 5. The molecule has 244 valence electrons. The number of amides is 1. The van der Waals surface area contributed by atoms with Crippen molar-refractivity contribution in [1.82, 2.24) is 9.55 Å². The molecule has 3 aromatic carbocycles. The number of rotatable bonds is 13. The van der Waals surface area contributed by atoms with Crippen molar-refractivity contribution in [2.24, 2.45) is 0 Å². The van der Waals surface area contributed by atoms with Crippen LogP contribution >= 0.6 is 0 Å². The van der Waals surface area contributed by atoms with Crippen LogP contribution in [0.2, 0.25) is 0 Å². The number of aliphatic hydroxyl groups excluding tert-OH is 1. The van der Waals surface area contributed by atoms with E-state index in [1.54, 1.807) is 14.2 Å². The summed E-state index contributed by atoms with van der Waals surface area (Å²) in [5, 5.41) is 23.1. The Morgan fingerprint density at radius 3 is 2.11 bits per heavy atom. The lowest BCUT2D eigenvalue weighted by molar-refractivity contribution is -0.114. The van der Waals surface area contributed by atoms with Crippen LogP contribution in [0.1, 0.15) is 36.3 Å². The lowest BCUT2D eigenvalue weighted by Crippen LogP contribution is -2.40. The number of aliphatic hydroxyl groups is 1. The molecular formula is C35H36N4O8. The van der Waals surface area contributed by atoms with E-state index >= 15 is 0 Å². The monoisotopic (exact) mass is 640 g/mol. The van der Waals surface area contributed by atoms with Crippen LogP contribution in [0.3, 0.4) is 0 Å². The van der Waals surface area contributed by atoms with Crippen LogP contribution in [0.5, 0.6) is 11.5 Å². The number of nitriles is 1. The summed E-state index contributed by atoms with van der Waals surface area (Å²) in [6, 6.07) is 28.2. The van der Waals surface area contributed by atoms with E-state index in [1.165, 1.54) is 23.8 Å². The molecule has 1 amide bonds. The molecule has 0 bridgehead atoms. The third-order valence-electron chi connectivity index (χ3n) is 7.88. The Labute approximate surface area is 272 Å². The van der Waals surface area contributed by atoms with E-state index in [1.807, 2.05) is 84.9 Å². The van der Waals surface area contributed by atoms with Crippen molar-refractivity contribution in [2.75, 3.05) is 32.8 Å². The maximum atomic E-state index is 13.1. The molecule has 0 aliphatic carbocycles. The summed E-state index contributed by atoms with van der Waals surface area (Å²) >= 11 is 0. The standard InChI is InChI=1S/C35H36N4O8/c1-23(40)37-30-18-20-39(34(42)38-30)33-32(45-21-7-19-36)31(41)29(47-33)22-46-35(24-8-5-4-6-9-24,25-10-14-27(43-2)15-11-25)26-12-16-28(44-3)17-13-26/h4-6,8-18,20,29,31-33,41H,7,21-22H2,1-3H3,(H,37,38,40,42)/t29-,31-,32-,33-/m1/s1. The molecule has 0 radical (unpaired) electrons. The van der Waals surface area contributed by atoms with E-state index in [0.717, 1.165) is 16.7 Å². The average Bonchev–Trinajstić information content (AvgIpc) is 3.40. The zero-order valence-electron chi connectivity index (χ0n) is 26.2. The minimum absolute atomic E-state index is 0.00344. The van der Waals surface area contributed by atoms with E-state index in [0.29, 0.717) is 11.5 Å². The molecule has 1 aliphatic rings. The Bertz CT molecular complexity index is 1690. The number of benzene rings is 3. The molecule has 4 aromatic rings. The molecule has 0 unspecified atom stereocenters. The van der Waals surface area contributed by atoms with Crippen molar-refractivity contribution < 1.29 is 33.6 Å². The molecule has 0 spiro atoms. The number of nitrogens with zero attached hydrogens (tertiary/aromatic N) is 3. The number of nitrogens with one attached hydrogen (secondary N) is 1. The van der Waals surface area contributed by atoms with Crippen LogP contribution in [-0.2, 0) is 24.6 Å². The van der Waals surface area contributed by atoms with Crippen LogP contribution in [-0.4, -0.2) is 66.3 Å². The smallest absolute Gasteiger partial charge is 0.351 e. The number of methoxy groups -OCH3 is 2. The zero-order valence-corrected chi connectivity index (χ0v) is 26.2. The summed E-state index contributed by atoms with van der Waals surface area (Å²) in [5.74, 6) is 1.03. The number of hydrogen-bond donors (Lipinski definition) is 2. The molecule has 4 atom stereocenters. The highest BCUT2D eigenvalue weighted by Crippen LogP contribution is 2.43. The maximum absolute atomic E-state index is 13.1. The lowest BCUT2D eigenvalue weighted by atomic mass is 9.80. The third-order valence-corrected chi connectivity index (χ3v) is 7.88. The van der Waals surface area contributed by atoms with Crippen molar-refractivity contribution in [2.45, 2.75) is 43.5 Å². The number of anilines is 1. The Balaban J connectivity index is 1.54. The largest absolute Gasteiger partial charge is 0.497 e. The zero-order chi connectivity index (χ0) is 33.4. The molecule has 2 N–H and O–H groups in total. The van der Waals surface area contributed by atoms with Gasteiger partial charge in [0.1, 0.15) is 41.2 Å². The van der Waals surface area contributed by atoms with Crippen LogP contribution in [0.25, 0.3) is 0 Å². The third kappa shape index (κ3) is 7.19. The van der Waals surface area contributed by atoms with E-state index in [2.05, 4.69) is 10.3 Å². The first-order chi connectivity index (χ1) is 22.8. The summed E-state index contributed by atoms with van der Waals surface area (Å²) < 4.78 is 31.1. The van der Waals surface area contributed by atoms with Gasteiger partial charge in [0, 0.05) is 13.1 Å². The average molecular weight is 641 g/mol. The van der Waals surface area contributed by atoms with Gasteiger partial charge >= 0.3 is 5.69 Å².